The van der Waals surface area contributed by atoms with E-state index in [0.717, 1.165) is 19.5 Å². The van der Waals surface area contributed by atoms with Gasteiger partial charge in [-0.15, -0.1) is 0 Å². The van der Waals surface area contributed by atoms with Gasteiger partial charge in [0, 0.05) is 13.1 Å². The topological polar surface area (TPSA) is 20.3 Å². The molecule has 2 nitrogen and oxygen atoms in total. The minimum atomic E-state index is 0.0680. The molecule has 0 spiro atoms. The molecule has 112 valence electrons. The molecule has 0 aromatic heterocycles. The van der Waals surface area contributed by atoms with E-state index < -0.39 is 0 Å². The third-order valence-corrected chi connectivity index (χ3v) is 3.65. The summed E-state index contributed by atoms with van der Waals surface area (Å²) in [6.07, 6.45) is 14.8. The van der Waals surface area contributed by atoms with Crippen molar-refractivity contribution in [3.8, 4) is 0 Å². The maximum absolute atomic E-state index is 11.4. The summed E-state index contributed by atoms with van der Waals surface area (Å²) >= 11 is 0. The van der Waals surface area contributed by atoms with Gasteiger partial charge in [0.2, 0.25) is 5.91 Å². The highest BCUT2D eigenvalue weighted by molar-refractivity contribution is 5.86. The minimum Gasteiger partial charge on any atom is -0.339 e. The van der Waals surface area contributed by atoms with E-state index >= 15 is 0 Å². The Labute approximate surface area is 120 Å². The summed E-state index contributed by atoms with van der Waals surface area (Å²) in [4.78, 5) is 13.3. The smallest absolute Gasteiger partial charge is 0.245 e. The van der Waals surface area contributed by atoms with Gasteiger partial charge in [0.15, 0.2) is 0 Å². The summed E-state index contributed by atoms with van der Waals surface area (Å²) in [6.45, 7) is 9.50. The molecule has 0 N–H and O–H groups in total. The van der Waals surface area contributed by atoms with Crippen molar-refractivity contribution in [2.75, 3.05) is 13.1 Å². The van der Waals surface area contributed by atoms with Gasteiger partial charge in [-0.2, -0.15) is 0 Å². The molecule has 2 heteroatoms. The van der Waals surface area contributed by atoms with Gasteiger partial charge in [0.1, 0.15) is 0 Å². The molecule has 0 bridgehead atoms. The highest BCUT2D eigenvalue weighted by Crippen LogP contribution is 2.10. The number of likely N-dealkylation sites (N-methyl/N-ethyl adjacent to an activating group) is 1. The average Bonchev–Trinajstić information content (AvgIpc) is 2.44. The first-order chi connectivity index (χ1) is 9.26. The number of unbranched alkanes of at least 4 members (excludes halogenated alkanes) is 9. The number of hydrogen-bond acceptors (Lipinski definition) is 1. The zero-order valence-electron chi connectivity index (χ0n) is 13.1. The van der Waals surface area contributed by atoms with Crippen molar-refractivity contribution >= 4 is 5.91 Å². The van der Waals surface area contributed by atoms with Gasteiger partial charge >= 0.3 is 0 Å². The van der Waals surface area contributed by atoms with E-state index in [9.17, 15) is 4.79 Å². The van der Waals surface area contributed by atoms with Crippen LogP contribution < -0.4 is 0 Å². The average molecular weight is 267 g/mol. The molecule has 0 aliphatic rings. The minimum absolute atomic E-state index is 0.0680. The summed E-state index contributed by atoms with van der Waals surface area (Å²) in [6, 6.07) is 0. The first kappa shape index (κ1) is 18.2. The van der Waals surface area contributed by atoms with E-state index in [1.54, 1.807) is 0 Å². The summed E-state index contributed by atoms with van der Waals surface area (Å²) in [5.41, 5.74) is 0. The molecule has 0 saturated carbocycles. The number of carbonyl (C=O) groups excluding carboxylic acids is 1. The van der Waals surface area contributed by atoms with Crippen molar-refractivity contribution < 1.29 is 4.79 Å². The zero-order valence-corrected chi connectivity index (χ0v) is 13.1. The second kappa shape index (κ2) is 13.6. The molecular weight excluding hydrogens is 234 g/mol. The highest BCUT2D eigenvalue weighted by atomic mass is 16.2. The molecular formula is C17H33NO. The number of nitrogens with zero attached hydrogens (tertiary/aromatic N) is 1. The third-order valence-electron chi connectivity index (χ3n) is 3.65. The summed E-state index contributed by atoms with van der Waals surface area (Å²) in [5, 5.41) is 0. The Balaban J connectivity index is 3.30. The van der Waals surface area contributed by atoms with Crippen LogP contribution in [-0.2, 0) is 4.79 Å². The van der Waals surface area contributed by atoms with Crippen LogP contribution in [0.25, 0.3) is 0 Å². The number of amides is 1. The number of hydrogen-bond donors (Lipinski definition) is 0. The van der Waals surface area contributed by atoms with Gasteiger partial charge < -0.3 is 4.90 Å². The van der Waals surface area contributed by atoms with Crippen molar-refractivity contribution in [3.63, 3.8) is 0 Å². The SMILES string of the molecule is C=CC(=O)N(CC)CCCCCCCCCCCC. The standard InChI is InChI=1S/C17H33NO/c1-4-7-8-9-10-11-12-13-14-15-16-18(6-3)17(19)5-2/h5H,2,4,6-16H2,1,3H3. The first-order valence-electron chi connectivity index (χ1n) is 8.17. The van der Waals surface area contributed by atoms with Gasteiger partial charge in [0.05, 0.1) is 0 Å². The molecule has 19 heavy (non-hydrogen) atoms. The Morgan fingerprint density at radius 2 is 1.37 bits per heavy atom. The summed E-state index contributed by atoms with van der Waals surface area (Å²) in [5.74, 6) is 0.0680. The van der Waals surface area contributed by atoms with Gasteiger partial charge in [-0.25, -0.2) is 0 Å². The fourth-order valence-electron chi connectivity index (χ4n) is 2.34. The number of carbonyl (C=O) groups is 1. The lowest BCUT2D eigenvalue weighted by Gasteiger charge is -2.18. The molecule has 0 radical (unpaired) electrons. The molecule has 0 unspecified atom stereocenters. The van der Waals surface area contributed by atoms with Gasteiger partial charge in [-0.3, -0.25) is 4.79 Å². The maximum atomic E-state index is 11.4. The highest BCUT2D eigenvalue weighted by Gasteiger charge is 2.06. The summed E-state index contributed by atoms with van der Waals surface area (Å²) in [7, 11) is 0. The Hall–Kier alpha value is -0.790. The zero-order chi connectivity index (χ0) is 14.3. The van der Waals surface area contributed by atoms with E-state index in [0.29, 0.717) is 0 Å². The maximum Gasteiger partial charge on any atom is 0.245 e. The Morgan fingerprint density at radius 3 is 1.79 bits per heavy atom. The normalized spacial score (nSPS) is 10.4. The number of rotatable bonds is 13. The first-order valence-corrected chi connectivity index (χ1v) is 8.17. The van der Waals surface area contributed by atoms with E-state index in [1.807, 2.05) is 11.8 Å². The van der Waals surface area contributed by atoms with Crippen LogP contribution in [0, 0.1) is 0 Å². The van der Waals surface area contributed by atoms with Crippen LogP contribution in [-0.4, -0.2) is 23.9 Å². The Morgan fingerprint density at radius 1 is 0.895 bits per heavy atom. The lowest BCUT2D eigenvalue weighted by Crippen LogP contribution is -2.29. The van der Waals surface area contributed by atoms with E-state index in [4.69, 9.17) is 0 Å². The fourth-order valence-corrected chi connectivity index (χ4v) is 2.34. The lowest BCUT2D eigenvalue weighted by atomic mass is 10.1. The van der Waals surface area contributed by atoms with Gasteiger partial charge in [-0.05, 0) is 19.4 Å². The monoisotopic (exact) mass is 267 g/mol. The predicted molar refractivity (Wildman–Crippen MR) is 84.3 cm³/mol. The largest absolute Gasteiger partial charge is 0.339 e. The molecule has 0 rings (SSSR count). The van der Waals surface area contributed by atoms with Gasteiger partial charge in [-0.1, -0.05) is 71.3 Å². The predicted octanol–water partition coefficient (Wildman–Crippen LogP) is 4.94. The third kappa shape index (κ3) is 10.8. The van der Waals surface area contributed by atoms with Crippen molar-refractivity contribution in [1.82, 2.24) is 4.90 Å². The molecule has 0 heterocycles. The quantitative estimate of drug-likeness (QED) is 0.342. The van der Waals surface area contributed by atoms with Crippen LogP contribution in [0.3, 0.4) is 0 Å². The second-order valence-corrected chi connectivity index (χ2v) is 5.30. The van der Waals surface area contributed by atoms with Crippen LogP contribution in [0.15, 0.2) is 12.7 Å². The lowest BCUT2D eigenvalue weighted by molar-refractivity contribution is -0.125. The van der Waals surface area contributed by atoms with Crippen LogP contribution in [0.2, 0.25) is 0 Å². The molecule has 0 fully saturated rings. The Bertz CT molecular complexity index is 225. The van der Waals surface area contributed by atoms with Crippen molar-refractivity contribution in [2.24, 2.45) is 0 Å². The van der Waals surface area contributed by atoms with Gasteiger partial charge in [0.25, 0.3) is 0 Å². The van der Waals surface area contributed by atoms with Crippen LogP contribution >= 0.6 is 0 Å². The van der Waals surface area contributed by atoms with Crippen molar-refractivity contribution in [3.05, 3.63) is 12.7 Å². The van der Waals surface area contributed by atoms with Crippen molar-refractivity contribution in [2.45, 2.75) is 78.1 Å². The second-order valence-electron chi connectivity index (χ2n) is 5.30. The fraction of sp³-hybridized carbons (Fsp3) is 0.824. The molecule has 1 amide bonds. The van der Waals surface area contributed by atoms with Crippen LogP contribution in [0.5, 0.6) is 0 Å². The van der Waals surface area contributed by atoms with E-state index in [1.165, 1.54) is 63.9 Å². The Kier molecular flexibility index (Phi) is 13.1. The molecule has 0 saturated heterocycles. The molecule has 0 aliphatic heterocycles. The van der Waals surface area contributed by atoms with Crippen LogP contribution in [0.1, 0.15) is 78.1 Å². The van der Waals surface area contributed by atoms with Crippen molar-refractivity contribution in [1.29, 1.82) is 0 Å². The molecule has 0 aromatic carbocycles. The molecule has 0 aliphatic carbocycles. The van der Waals surface area contributed by atoms with E-state index in [2.05, 4.69) is 13.5 Å². The van der Waals surface area contributed by atoms with E-state index in [-0.39, 0.29) is 5.91 Å². The van der Waals surface area contributed by atoms with Crippen LogP contribution in [0.4, 0.5) is 0 Å². The summed E-state index contributed by atoms with van der Waals surface area (Å²) < 4.78 is 0. The molecule has 0 aromatic rings. The molecule has 0 atom stereocenters.